The molecule has 0 aliphatic rings. The molecule has 122 valence electrons. The van der Waals surface area contributed by atoms with Crippen molar-refractivity contribution in [3.05, 3.63) is 25.3 Å². The summed E-state index contributed by atoms with van der Waals surface area (Å²) in [4.78, 5) is 20.9. The summed E-state index contributed by atoms with van der Waals surface area (Å²) >= 11 is 0. The van der Waals surface area contributed by atoms with Crippen molar-refractivity contribution in [2.75, 3.05) is 6.61 Å². The lowest BCUT2D eigenvalue weighted by Crippen LogP contribution is -2.12. The zero-order chi connectivity index (χ0) is 16.7. The predicted octanol–water partition coefficient (Wildman–Crippen LogP) is 2.99. The van der Waals surface area contributed by atoms with Gasteiger partial charge in [0.05, 0.1) is 6.61 Å². The van der Waals surface area contributed by atoms with Crippen molar-refractivity contribution >= 4 is 11.9 Å². The Morgan fingerprint density at radius 1 is 1.19 bits per heavy atom. The maximum atomic E-state index is 10.8. The lowest BCUT2D eigenvalue weighted by molar-refractivity contribution is -0.158. The monoisotopic (exact) mass is 300 g/mol. The summed E-state index contributed by atoms with van der Waals surface area (Å²) in [7, 11) is 0. The number of carbonyl (C=O) groups excluding carboxylic acids is 2. The van der Waals surface area contributed by atoms with E-state index in [1.165, 1.54) is 25.8 Å². The molecule has 0 aromatic rings. The van der Waals surface area contributed by atoms with Gasteiger partial charge >= 0.3 is 11.9 Å². The number of unbranched alkanes of at least 4 members (excludes halogenated alkanes) is 1. The molecule has 0 fully saturated rings. The molecule has 0 aromatic heterocycles. The van der Waals surface area contributed by atoms with E-state index in [0.29, 0.717) is 12.5 Å². The number of hydrogen-bond acceptors (Lipinski definition) is 5. The van der Waals surface area contributed by atoms with Crippen LogP contribution in [0.1, 0.15) is 46.5 Å². The van der Waals surface area contributed by atoms with Gasteiger partial charge in [-0.25, -0.2) is 9.59 Å². The van der Waals surface area contributed by atoms with Crippen LogP contribution in [0.4, 0.5) is 0 Å². The average Bonchev–Trinajstić information content (AvgIpc) is 2.47. The van der Waals surface area contributed by atoms with Crippen molar-refractivity contribution in [3.63, 3.8) is 0 Å². The fourth-order valence-corrected chi connectivity index (χ4v) is 1.37. The Morgan fingerprint density at radius 3 is 2.10 bits per heavy atom. The van der Waals surface area contributed by atoms with Crippen LogP contribution in [0.15, 0.2) is 25.3 Å². The van der Waals surface area contributed by atoms with E-state index in [1.54, 1.807) is 0 Å². The zero-order valence-corrected chi connectivity index (χ0v) is 13.3. The quantitative estimate of drug-likeness (QED) is 0.402. The molecule has 0 rings (SSSR count). The Morgan fingerprint density at radius 2 is 1.76 bits per heavy atom. The van der Waals surface area contributed by atoms with Crippen LogP contribution in [0.25, 0.3) is 0 Å². The van der Waals surface area contributed by atoms with Crippen LogP contribution in [0, 0.1) is 5.92 Å². The van der Waals surface area contributed by atoms with E-state index in [2.05, 4.69) is 31.7 Å². The molecule has 0 bridgehead atoms. The number of aliphatic hydroxyl groups is 1. The van der Waals surface area contributed by atoms with E-state index in [1.807, 2.05) is 0 Å². The number of rotatable bonds is 9. The van der Waals surface area contributed by atoms with Crippen LogP contribution >= 0.6 is 0 Å². The molecule has 0 spiro atoms. The first-order valence-electron chi connectivity index (χ1n) is 7.21. The fraction of sp³-hybridized carbons (Fsp3) is 0.625. The molecule has 2 atom stereocenters. The van der Waals surface area contributed by atoms with E-state index in [0.717, 1.165) is 18.9 Å². The SMILES string of the molecule is C=CC(=O)OC(C)O.C=CC(=O)OCC(CC)CCCC. The molecule has 0 saturated heterocycles. The third-order valence-electron chi connectivity index (χ3n) is 2.62. The van der Waals surface area contributed by atoms with Crippen LogP contribution < -0.4 is 0 Å². The maximum Gasteiger partial charge on any atom is 0.332 e. The summed E-state index contributed by atoms with van der Waals surface area (Å²) in [5.74, 6) is -0.404. The largest absolute Gasteiger partial charge is 0.462 e. The Kier molecular flexibility index (Phi) is 15.3. The minimum atomic E-state index is -1.04. The standard InChI is InChI=1S/C11H20O2.C5H8O3/c1-4-7-8-10(5-2)9-13-11(12)6-3;1-3-5(7)8-4(2)6/h6,10H,3-5,7-9H2,1-2H3;3-4,6H,1H2,2H3. The average molecular weight is 300 g/mol. The Labute approximate surface area is 127 Å². The van der Waals surface area contributed by atoms with Gasteiger partial charge in [0, 0.05) is 12.2 Å². The third-order valence-corrected chi connectivity index (χ3v) is 2.62. The lowest BCUT2D eigenvalue weighted by Gasteiger charge is -2.13. The molecule has 21 heavy (non-hydrogen) atoms. The van der Waals surface area contributed by atoms with E-state index >= 15 is 0 Å². The van der Waals surface area contributed by atoms with Gasteiger partial charge in [-0.1, -0.05) is 46.3 Å². The summed E-state index contributed by atoms with van der Waals surface area (Å²) in [6, 6.07) is 0. The minimum absolute atomic E-state index is 0.310. The predicted molar refractivity (Wildman–Crippen MR) is 82.4 cm³/mol. The molecule has 0 aliphatic heterocycles. The zero-order valence-electron chi connectivity index (χ0n) is 13.3. The lowest BCUT2D eigenvalue weighted by atomic mass is 10.0. The summed E-state index contributed by atoms with van der Waals surface area (Å²) < 4.78 is 9.18. The number of esters is 2. The molecule has 5 nitrogen and oxygen atoms in total. The fourth-order valence-electron chi connectivity index (χ4n) is 1.37. The van der Waals surface area contributed by atoms with Crippen molar-refractivity contribution < 1.29 is 24.2 Å². The molecule has 2 unspecified atom stereocenters. The summed E-state index contributed by atoms with van der Waals surface area (Å²) in [6.07, 6.45) is 5.80. The maximum absolute atomic E-state index is 10.8. The van der Waals surface area contributed by atoms with Gasteiger partial charge in [0.25, 0.3) is 0 Å². The molecule has 5 heteroatoms. The van der Waals surface area contributed by atoms with E-state index in [4.69, 9.17) is 9.84 Å². The summed E-state index contributed by atoms with van der Waals surface area (Å²) in [5.41, 5.74) is 0. The third kappa shape index (κ3) is 16.3. The first-order valence-corrected chi connectivity index (χ1v) is 7.21. The Hall–Kier alpha value is -1.62. The van der Waals surface area contributed by atoms with Crippen LogP contribution in [-0.4, -0.2) is 29.9 Å². The van der Waals surface area contributed by atoms with Crippen LogP contribution in [0.5, 0.6) is 0 Å². The van der Waals surface area contributed by atoms with Gasteiger partial charge < -0.3 is 14.6 Å². The van der Waals surface area contributed by atoms with Gasteiger partial charge in [-0.05, 0) is 19.3 Å². The van der Waals surface area contributed by atoms with Gasteiger partial charge in [-0.15, -0.1) is 0 Å². The molecule has 0 radical (unpaired) electrons. The smallest absolute Gasteiger partial charge is 0.332 e. The van der Waals surface area contributed by atoms with Gasteiger partial charge in [-0.3, -0.25) is 0 Å². The van der Waals surface area contributed by atoms with Crippen molar-refractivity contribution in [2.45, 2.75) is 52.7 Å². The molecule has 0 aliphatic carbocycles. The number of carbonyl (C=O) groups is 2. The van der Waals surface area contributed by atoms with E-state index < -0.39 is 12.3 Å². The first kappa shape index (κ1) is 21.7. The molecule has 0 saturated carbocycles. The van der Waals surface area contributed by atoms with Crippen LogP contribution in [-0.2, 0) is 19.1 Å². The van der Waals surface area contributed by atoms with Crippen molar-refractivity contribution in [3.8, 4) is 0 Å². The van der Waals surface area contributed by atoms with Crippen molar-refractivity contribution in [2.24, 2.45) is 5.92 Å². The topological polar surface area (TPSA) is 72.8 Å². The molecule has 0 heterocycles. The summed E-state index contributed by atoms with van der Waals surface area (Å²) in [5, 5.41) is 8.36. The molecule has 1 N–H and O–H groups in total. The van der Waals surface area contributed by atoms with Gasteiger partial charge in [0.2, 0.25) is 0 Å². The highest BCUT2D eigenvalue weighted by Gasteiger charge is 2.07. The Bertz CT molecular complexity index is 310. The highest BCUT2D eigenvalue weighted by atomic mass is 16.6. The van der Waals surface area contributed by atoms with Gasteiger partial charge in [0.1, 0.15) is 0 Å². The van der Waals surface area contributed by atoms with E-state index in [-0.39, 0.29) is 5.97 Å². The molecular weight excluding hydrogens is 272 g/mol. The Balaban J connectivity index is 0. The van der Waals surface area contributed by atoms with Crippen molar-refractivity contribution in [1.82, 2.24) is 0 Å². The van der Waals surface area contributed by atoms with Gasteiger partial charge in [0.15, 0.2) is 6.29 Å². The molecule has 0 amide bonds. The first-order chi connectivity index (χ1) is 9.90. The molecular formula is C16H28O5. The van der Waals surface area contributed by atoms with Crippen LogP contribution in [0.3, 0.4) is 0 Å². The minimum Gasteiger partial charge on any atom is -0.462 e. The van der Waals surface area contributed by atoms with E-state index in [9.17, 15) is 9.59 Å². The van der Waals surface area contributed by atoms with Gasteiger partial charge in [-0.2, -0.15) is 0 Å². The number of hydrogen-bond donors (Lipinski definition) is 1. The second-order valence-corrected chi connectivity index (χ2v) is 4.49. The number of aliphatic hydroxyl groups excluding tert-OH is 1. The normalized spacial score (nSPS) is 12.2. The summed E-state index contributed by atoms with van der Waals surface area (Å²) in [6.45, 7) is 12.7. The molecule has 0 aromatic carbocycles. The van der Waals surface area contributed by atoms with Crippen LogP contribution in [0.2, 0.25) is 0 Å². The highest BCUT2D eigenvalue weighted by molar-refractivity contribution is 5.81. The number of ether oxygens (including phenoxy) is 2. The second-order valence-electron chi connectivity index (χ2n) is 4.49. The second kappa shape index (κ2) is 14.8. The highest BCUT2D eigenvalue weighted by Crippen LogP contribution is 2.12. The van der Waals surface area contributed by atoms with Crippen molar-refractivity contribution in [1.29, 1.82) is 0 Å².